The summed E-state index contributed by atoms with van der Waals surface area (Å²) in [6.45, 7) is 4.41. The first kappa shape index (κ1) is 12.6. The summed E-state index contributed by atoms with van der Waals surface area (Å²) in [7, 11) is 0. The maximum atomic E-state index is 8.57. The zero-order chi connectivity index (χ0) is 11.1. The van der Waals surface area contributed by atoms with Crippen molar-refractivity contribution in [2.45, 2.75) is 31.3 Å². The molecule has 0 fully saturated rings. The molecule has 1 aromatic heterocycles. The summed E-state index contributed by atoms with van der Waals surface area (Å²) < 4.78 is 0. The van der Waals surface area contributed by atoms with Crippen LogP contribution >= 0.6 is 23.1 Å². The summed E-state index contributed by atoms with van der Waals surface area (Å²) in [4.78, 5) is 2.41. The van der Waals surface area contributed by atoms with Gasteiger partial charge in [-0.2, -0.15) is 11.8 Å². The van der Waals surface area contributed by atoms with Crippen molar-refractivity contribution in [1.82, 2.24) is 0 Å². The minimum atomic E-state index is -0.0607. The highest BCUT2D eigenvalue weighted by molar-refractivity contribution is 7.99. The van der Waals surface area contributed by atoms with Gasteiger partial charge < -0.3 is 5.11 Å². The predicted octanol–water partition coefficient (Wildman–Crippen LogP) is 3.12. The van der Waals surface area contributed by atoms with Gasteiger partial charge in [-0.15, -0.1) is 11.3 Å². The Labute approximate surface area is 99.9 Å². The molecule has 0 aromatic carbocycles. The van der Waals surface area contributed by atoms with Crippen molar-refractivity contribution in [3.8, 4) is 11.8 Å². The van der Waals surface area contributed by atoms with Crippen LogP contribution in [0.4, 0.5) is 0 Å². The third-order valence-electron chi connectivity index (χ3n) is 2.04. The molecule has 0 bridgehead atoms. The third-order valence-corrected chi connectivity index (χ3v) is 4.60. The van der Waals surface area contributed by atoms with Gasteiger partial charge in [-0.25, -0.2) is 0 Å². The van der Waals surface area contributed by atoms with E-state index in [4.69, 9.17) is 5.11 Å². The van der Waals surface area contributed by atoms with Gasteiger partial charge in [0.15, 0.2) is 0 Å². The number of rotatable bonds is 4. The molecule has 0 aliphatic rings. The Balaban J connectivity index is 2.46. The molecule has 1 heterocycles. The molecule has 15 heavy (non-hydrogen) atoms. The molecule has 0 saturated heterocycles. The van der Waals surface area contributed by atoms with Crippen LogP contribution in [0.5, 0.6) is 0 Å². The van der Waals surface area contributed by atoms with Crippen LogP contribution < -0.4 is 0 Å². The van der Waals surface area contributed by atoms with Crippen LogP contribution in [0.15, 0.2) is 12.1 Å². The van der Waals surface area contributed by atoms with Crippen LogP contribution in [0.25, 0.3) is 0 Å². The van der Waals surface area contributed by atoms with Gasteiger partial charge >= 0.3 is 0 Å². The molecular weight excluding hydrogens is 224 g/mol. The van der Waals surface area contributed by atoms with Crippen molar-refractivity contribution in [3.05, 3.63) is 21.9 Å². The fraction of sp³-hybridized carbons (Fsp3) is 0.500. The molecule has 0 aliphatic heterocycles. The van der Waals surface area contributed by atoms with E-state index in [1.54, 1.807) is 11.3 Å². The standard InChI is InChI=1S/C12H16OS2/c1-3-10(2)14-9-12-7-6-11(15-12)5-4-8-13/h6-7,10,13H,3,8-9H2,1-2H3. The van der Waals surface area contributed by atoms with Crippen LogP contribution in [-0.2, 0) is 5.75 Å². The van der Waals surface area contributed by atoms with E-state index in [1.807, 2.05) is 17.8 Å². The number of aliphatic hydroxyl groups is 1. The van der Waals surface area contributed by atoms with Crippen LogP contribution in [0.1, 0.15) is 30.0 Å². The first-order valence-corrected chi connectivity index (χ1v) is 6.92. The van der Waals surface area contributed by atoms with E-state index in [-0.39, 0.29) is 6.61 Å². The van der Waals surface area contributed by atoms with Gasteiger partial charge in [0.1, 0.15) is 6.61 Å². The van der Waals surface area contributed by atoms with Crippen LogP contribution in [0.2, 0.25) is 0 Å². The Bertz CT molecular complexity index is 346. The van der Waals surface area contributed by atoms with Gasteiger partial charge in [0.05, 0.1) is 4.88 Å². The smallest absolute Gasteiger partial charge is 0.104 e. The van der Waals surface area contributed by atoms with Crippen molar-refractivity contribution in [2.75, 3.05) is 6.61 Å². The molecule has 82 valence electrons. The predicted molar refractivity (Wildman–Crippen MR) is 69.3 cm³/mol. The maximum Gasteiger partial charge on any atom is 0.104 e. The van der Waals surface area contributed by atoms with E-state index in [0.29, 0.717) is 0 Å². The maximum absolute atomic E-state index is 8.57. The van der Waals surface area contributed by atoms with Crippen molar-refractivity contribution in [3.63, 3.8) is 0 Å². The van der Waals surface area contributed by atoms with Crippen molar-refractivity contribution < 1.29 is 5.11 Å². The molecule has 1 N–H and O–H groups in total. The number of hydrogen-bond donors (Lipinski definition) is 1. The minimum Gasteiger partial charge on any atom is -0.384 e. The molecule has 1 rings (SSSR count). The van der Waals surface area contributed by atoms with Gasteiger partial charge in [0.2, 0.25) is 0 Å². The molecular formula is C12H16OS2. The molecule has 0 spiro atoms. The summed E-state index contributed by atoms with van der Waals surface area (Å²) in [5, 5.41) is 9.29. The van der Waals surface area contributed by atoms with Gasteiger partial charge in [-0.3, -0.25) is 0 Å². The van der Waals surface area contributed by atoms with Gasteiger partial charge in [0.25, 0.3) is 0 Å². The molecule has 3 heteroatoms. The largest absolute Gasteiger partial charge is 0.384 e. The quantitative estimate of drug-likeness (QED) is 0.816. The lowest BCUT2D eigenvalue weighted by Crippen LogP contribution is -1.92. The zero-order valence-corrected chi connectivity index (χ0v) is 10.8. The summed E-state index contributed by atoms with van der Waals surface area (Å²) in [6, 6.07) is 4.15. The second kappa shape index (κ2) is 6.95. The molecule has 1 unspecified atom stereocenters. The summed E-state index contributed by atoms with van der Waals surface area (Å²) in [5.41, 5.74) is 0. The number of thioether (sulfide) groups is 1. The summed E-state index contributed by atoms with van der Waals surface area (Å²) >= 11 is 3.70. The van der Waals surface area contributed by atoms with E-state index in [9.17, 15) is 0 Å². The molecule has 0 radical (unpaired) electrons. The average Bonchev–Trinajstić information content (AvgIpc) is 2.71. The SMILES string of the molecule is CCC(C)SCc1ccc(C#CCO)s1. The topological polar surface area (TPSA) is 20.2 Å². The van der Waals surface area contributed by atoms with E-state index in [0.717, 1.165) is 15.9 Å². The molecule has 0 saturated carbocycles. The van der Waals surface area contributed by atoms with Gasteiger partial charge in [-0.05, 0) is 18.6 Å². The van der Waals surface area contributed by atoms with Crippen LogP contribution in [-0.4, -0.2) is 17.0 Å². The lowest BCUT2D eigenvalue weighted by Gasteiger charge is -2.05. The lowest BCUT2D eigenvalue weighted by molar-refractivity contribution is 0.350. The van der Waals surface area contributed by atoms with E-state index < -0.39 is 0 Å². The van der Waals surface area contributed by atoms with Crippen molar-refractivity contribution in [2.24, 2.45) is 0 Å². The second-order valence-corrected chi connectivity index (χ2v) is 5.85. The fourth-order valence-electron chi connectivity index (χ4n) is 0.992. The lowest BCUT2D eigenvalue weighted by atomic mass is 10.4. The zero-order valence-electron chi connectivity index (χ0n) is 9.12. The number of thiophene rings is 1. The summed E-state index contributed by atoms with van der Waals surface area (Å²) in [6.07, 6.45) is 1.22. The Morgan fingerprint density at radius 3 is 3.00 bits per heavy atom. The Morgan fingerprint density at radius 2 is 2.33 bits per heavy atom. The van der Waals surface area contributed by atoms with E-state index >= 15 is 0 Å². The highest BCUT2D eigenvalue weighted by atomic mass is 32.2. The van der Waals surface area contributed by atoms with Gasteiger partial charge in [0, 0.05) is 15.9 Å². The molecule has 0 amide bonds. The number of hydrogen-bond acceptors (Lipinski definition) is 3. The third kappa shape index (κ3) is 4.74. The Kier molecular flexibility index (Phi) is 5.85. The highest BCUT2D eigenvalue weighted by Gasteiger charge is 2.02. The van der Waals surface area contributed by atoms with Crippen LogP contribution in [0, 0.1) is 11.8 Å². The average molecular weight is 240 g/mol. The molecule has 1 aromatic rings. The highest BCUT2D eigenvalue weighted by Crippen LogP contribution is 2.24. The Morgan fingerprint density at radius 1 is 1.53 bits per heavy atom. The second-order valence-electron chi connectivity index (χ2n) is 3.26. The summed E-state index contributed by atoms with van der Waals surface area (Å²) in [5.74, 6) is 6.66. The molecule has 0 aliphatic carbocycles. The van der Waals surface area contributed by atoms with Crippen molar-refractivity contribution >= 4 is 23.1 Å². The van der Waals surface area contributed by atoms with Crippen molar-refractivity contribution in [1.29, 1.82) is 0 Å². The molecule has 1 atom stereocenters. The first-order chi connectivity index (χ1) is 7.26. The Hall–Kier alpha value is -0.430. The first-order valence-electron chi connectivity index (χ1n) is 5.06. The van der Waals surface area contributed by atoms with Crippen LogP contribution in [0.3, 0.4) is 0 Å². The molecule has 1 nitrogen and oxygen atoms in total. The monoisotopic (exact) mass is 240 g/mol. The minimum absolute atomic E-state index is 0.0607. The van der Waals surface area contributed by atoms with E-state index in [2.05, 4.69) is 31.8 Å². The fourth-order valence-corrected chi connectivity index (χ4v) is 2.89. The van der Waals surface area contributed by atoms with E-state index in [1.165, 1.54) is 11.3 Å². The normalized spacial score (nSPS) is 11.9. The van der Waals surface area contributed by atoms with Gasteiger partial charge in [-0.1, -0.05) is 25.7 Å². The number of aliphatic hydroxyl groups excluding tert-OH is 1.